The smallest absolute Gasteiger partial charge is 0.229 e. The maximum Gasteiger partial charge on any atom is 0.229 e. The Morgan fingerprint density at radius 1 is 1.05 bits per heavy atom. The van der Waals surface area contributed by atoms with Crippen LogP contribution in [0.5, 0.6) is 0 Å². The van der Waals surface area contributed by atoms with Gasteiger partial charge in [0.05, 0.1) is 0 Å². The molecule has 0 atom stereocenters. The first kappa shape index (κ1) is 13.5. The van der Waals surface area contributed by atoms with Gasteiger partial charge < -0.3 is 10.2 Å². The van der Waals surface area contributed by atoms with Crippen molar-refractivity contribution in [3.8, 4) is 0 Å². The highest BCUT2D eigenvalue weighted by atomic mass is 15.2. The summed E-state index contributed by atoms with van der Waals surface area (Å²) in [6, 6.07) is 6.43. The molecule has 0 radical (unpaired) electrons. The average molecular weight is 256 g/mol. The van der Waals surface area contributed by atoms with Crippen LogP contribution in [0.1, 0.15) is 16.7 Å². The lowest BCUT2D eigenvalue weighted by Gasteiger charge is -2.18. The van der Waals surface area contributed by atoms with E-state index in [1.165, 1.54) is 11.1 Å². The molecule has 100 valence electrons. The van der Waals surface area contributed by atoms with Crippen molar-refractivity contribution in [3.05, 3.63) is 47.3 Å². The topological polar surface area (TPSA) is 41.1 Å². The molecule has 0 unspecified atom stereocenters. The molecule has 1 aromatic carbocycles. The summed E-state index contributed by atoms with van der Waals surface area (Å²) in [6.45, 7) is 4.98. The zero-order chi connectivity index (χ0) is 13.8. The van der Waals surface area contributed by atoms with Gasteiger partial charge >= 0.3 is 0 Å². The molecule has 2 aromatic rings. The second-order valence-electron chi connectivity index (χ2n) is 4.83. The van der Waals surface area contributed by atoms with Gasteiger partial charge in [-0.2, -0.15) is 0 Å². The Morgan fingerprint density at radius 2 is 1.63 bits per heavy atom. The van der Waals surface area contributed by atoms with Crippen LogP contribution in [-0.2, 0) is 6.54 Å². The van der Waals surface area contributed by atoms with E-state index in [1.54, 1.807) is 0 Å². The zero-order valence-corrected chi connectivity index (χ0v) is 11.9. The fourth-order valence-electron chi connectivity index (χ4n) is 2.08. The van der Waals surface area contributed by atoms with Crippen molar-refractivity contribution in [1.29, 1.82) is 0 Å². The summed E-state index contributed by atoms with van der Waals surface area (Å²) in [4.78, 5) is 10.8. The van der Waals surface area contributed by atoms with Gasteiger partial charge in [0.25, 0.3) is 0 Å². The van der Waals surface area contributed by atoms with E-state index in [-0.39, 0.29) is 0 Å². The standard InChI is InChI=1S/C15H20N4/c1-11-5-12(2)7-14(6-11)19(4)15-17-9-13(8-16-3)10-18-15/h5-7,9-10,16H,8H2,1-4H3. The number of hydrogen-bond acceptors (Lipinski definition) is 4. The third kappa shape index (κ3) is 3.29. The Kier molecular flexibility index (Phi) is 4.12. The van der Waals surface area contributed by atoms with E-state index in [4.69, 9.17) is 0 Å². The second-order valence-corrected chi connectivity index (χ2v) is 4.83. The lowest BCUT2D eigenvalue weighted by Crippen LogP contribution is -2.14. The Labute approximate surface area is 114 Å². The van der Waals surface area contributed by atoms with Crippen molar-refractivity contribution < 1.29 is 0 Å². The molecule has 0 spiro atoms. The molecule has 0 saturated heterocycles. The van der Waals surface area contributed by atoms with E-state index in [1.807, 2.05) is 31.4 Å². The van der Waals surface area contributed by atoms with E-state index in [2.05, 4.69) is 47.3 Å². The van der Waals surface area contributed by atoms with Gasteiger partial charge in [0.15, 0.2) is 0 Å². The van der Waals surface area contributed by atoms with Gasteiger partial charge in [-0.15, -0.1) is 0 Å². The molecule has 0 aliphatic heterocycles. The van der Waals surface area contributed by atoms with Crippen LogP contribution in [-0.4, -0.2) is 24.1 Å². The third-order valence-electron chi connectivity index (χ3n) is 2.97. The van der Waals surface area contributed by atoms with E-state index >= 15 is 0 Å². The molecule has 0 fully saturated rings. The molecule has 0 bridgehead atoms. The molecule has 1 aromatic heterocycles. The van der Waals surface area contributed by atoms with E-state index < -0.39 is 0 Å². The second kappa shape index (κ2) is 5.80. The minimum atomic E-state index is 0.713. The Balaban J connectivity index is 2.25. The van der Waals surface area contributed by atoms with Crippen LogP contribution in [0.4, 0.5) is 11.6 Å². The first-order valence-electron chi connectivity index (χ1n) is 6.37. The molecular weight excluding hydrogens is 236 g/mol. The molecule has 0 aliphatic rings. The third-order valence-corrected chi connectivity index (χ3v) is 2.97. The monoisotopic (exact) mass is 256 g/mol. The maximum atomic E-state index is 4.41. The largest absolute Gasteiger partial charge is 0.316 e. The number of aryl methyl sites for hydroxylation is 2. The molecule has 0 amide bonds. The number of nitrogens with one attached hydrogen (secondary N) is 1. The van der Waals surface area contributed by atoms with Crippen molar-refractivity contribution in [2.24, 2.45) is 0 Å². The van der Waals surface area contributed by atoms with Crippen LogP contribution in [0.15, 0.2) is 30.6 Å². The van der Waals surface area contributed by atoms with Gasteiger partial charge in [-0.3, -0.25) is 0 Å². The number of rotatable bonds is 4. The number of anilines is 2. The summed E-state index contributed by atoms with van der Waals surface area (Å²) in [5.41, 5.74) is 4.68. The van der Waals surface area contributed by atoms with Crippen molar-refractivity contribution in [1.82, 2.24) is 15.3 Å². The van der Waals surface area contributed by atoms with E-state index in [0.29, 0.717) is 5.95 Å². The number of hydrogen-bond donors (Lipinski definition) is 1. The SMILES string of the molecule is CNCc1cnc(N(C)c2cc(C)cc(C)c2)nc1. The van der Waals surface area contributed by atoms with Crippen LogP contribution >= 0.6 is 0 Å². The molecule has 0 aliphatic carbocycles. The average Bonchev–Trinajstić information content (AvgIpc) is 2.38. The van der Waals surface area contributed by atoms with E-state index in [0.717, 1.165) is 17.8 Å². The normalized spacial score (nSPS) is 10.5. The van der Waals surface area contributed by atoms with Gasteiger partial charge in [0.1, 0.15) is 0 Å². The number of benzene rings is 1. The first-order valence-corrected chi connectivity index (χ1v) is 6.37. The van der Waals surface area contributed by atoms with Gasteiger partial charge in [-0.1, -0.05) is 6.07 Å². The lowest BCUT2D eigenvalue weighted by atomic mass is 10.1. The summed E-state index contributed by atoms with van der Waals surface area (Å²) in [6.07, 6.45) is 3.72. The van der Waals surface area contributed by atoms with Crippen LogP contribution in [0.25, 0.3) is 0 Å². The molecule has 4 nitrogen and oxygen atoms in total. The maximum absolute atomic E-state index is 4.41. The zero-order valence-electron chi connectivity index (χ0n) is 11.9. The number of aromatic nitrogens is 2. The fourth-order valence-corrected chi connectivity index (χ4v) is 2.08. The molecule has 1 heterocycles. The predicted molar refractivity (Wildman–Crippen MR) is 78.8 cm³/mol. The van der Waals surface area contributed by atoms with Crippen molar-refractivity contribution in [2.45, 2.75) is 20.4 Å². The van der Waals surface area contributed by atoms with Crippen LogP contribution < -0.4 is 10.2 Å². The van der Waals surface area contributed by atoms with Gasteiger partial charge in [-0.05, 0) is 44.2 Å². The summed E-state index contributed by atoms with van der Waals surface area (Å²) < 4.78 is 0. The van der Waals surface area contributed by atoms with Crippen LogP contribution in [0.2, 0.25) is 0 Å². The van der Waals surface area contributed by atoms with Crippen LogP contribution in [0.3, 0.4) is 0 Å². The molecule has 0 saturated carbocycles. The Bertz CT molecular complexity index is 528. The molecule has 4 heteroatoms. The molecule has 2 rings (SSSR count). The highest BCUT2D eigenvalue weighted by molar-refractivity contribution is 5.58. The summed E-state index contributed by atoms with van der Waals surface area (Å²) in [7, 11) is 3.90. The van der Waals surface area contributed by atoms with Crippen molar-refractivity contribution in [2.75, 3.05) is 19.0 Å². The van der Waals surface area contributed by atoms with Gasteiger partial charge in [0.2, 0.25) is 5.95 Å². The van der Waals surface area contributed by atoms with Crippen LogP contribution in [0, 0.1) is 13.8 Å². The number of nitrogens with zero attached hydrogens (tertiary/aromatic N) is 3. The minimum Gasteiger partial charge on any atom is -0.316 e. The summed E-state index contributed by atoms with van der Waals surface area (Å²) in [5.74, 6) is 0.713. The van der Waals surface area contributed by atoms with Gasteiger partial charge in [-0.25, -0.2) is 9.97 Å². The fraction of sp³-hybridized carbons (Fsp3) is 0.333. The lowest BCUT2D eigenvalue weighted by molar-refractivity contribution is 0.805. The Hall–Kier alpha value is -1.94. The van der Waals surface area contributed by atoms with Gasteiger partial charge in [0, 0.05) is 37.2 Å². The quantitative estimate of drug-likeness (QED) is 0.913. The van der Waals surface area contributed by atoms with Crippen molar-refractivity contribution in [3.63, 3.8) is 0 Å². The highest BCUT2D eigenvalue weighted by Gasteiger charge is 2.07. The van der Waals surface area contributed by atoms with E-state index in [9.17, 15) is 0 Å². The van der Waals surface area contributed by atoms with Crippen molar-refractivity contribution >= 4 is 11.6 Å². The predicted octanol–water partition coefficient (Wildman–Crippen LogP) is 2.58. The Morgan fingerprint density at radius 3 is 2.16 bits per heavy atom. The highest BCUT2D eigenvalue weighted by Crippen LogP contribution is 2.22. The molecule has 1 N–H and O–H groups in total. The summed E-state index contributed by atoms with van der Waals surface area (Å²) in [5, 5.41) is 3.09. The first-order chi connectivity index (χ1) is 9.10. The molecular formula is C15H20N4. The molecule has 19 heavy (non-hydrogen) atoms. The minimum absolute atomic E-state index is 0.713. The summed E-state index contributed by atoms with van der Waals surface area (Å²) >= 11 is 0.